The molecule has 0 heterocycles. The average molecular weight is 539 g/mol. The molecule has 0 radical (unpaired) electrons. The SMILES string of the molecule is CCN(c1ccccc1)S(=O)(=O)c1ccc(Cl)c(C(=O)OCC(=O)Nc2ccc(OC(F)F)cc2)c1. The molecule has 3 aromatic rings. The zero-order valence-corrected chi connectivity index (χ0v) is 20.4. The van der Waals surface area contributed by atoms with Gasteiger partial charge in [-0.25, -0.2) is 13.2 Å². The minimum atomic E-state index is -4.03. The molecule has 0 spiro atoms. The molecule has 190 valence electrons. The van der Waals surface area contributed by atoms with E-state index < -0.39 is 35.1 Å². The van der Waals surface area contributed by atoms with Crippen molar-refractivity contribution in [3.8, 4) is 5.75 Å². The summed E-state index contributed by atoms with van der Waals surface area (Å²) in [4.78, 5) is 24.5. The summed E-state index contributed by atoms with van der Waals surface area (Å²) in [7, 11) is -4.03. The van der Waals surface area contributed by atoms with Gasteiger partial charge in [-0.3, -0.25) is 9.10 Å². The summed E-state index contributed by atoms with van der Waals surface area (Å²) in [6.07, 6.45) is 0. The van der Waals surface area contributed by atoms with Gasteiger partial charge in [-0.15, -0.1) is 0 Å². The summed E-state index contributed by atoms with van der Waals surface area (Å²) in [6.45, 7) is -1.86. The molecule has 0 saturated carbocycles. The first-order valence-electron chi connectivity index (χ1n) is 10.5. The highest BCUT2D eigenvalue weighted by Gasteiger charge is 2.26. The molecule has 8 nitrogen and oxygen atoms in total. The Labute approximate surface area is 211 Å². The van der Waals surface area contributed by atoms with E-state index in [-0.39, 0.29) is 33.5 Å². The number of benzene rings is 3. The highest BCUT2D eigenvalue weighted by Crippen LogP contribution is 2.27. The number of amides is 1. The number of halogens is 3. The van der Waals surface area contributed by atoms with E-state index in [4.69, 9.17) is 16.3 Å². The predicted octanol–water partition coefficient (Wildman–Crippen LogP) is 4.95. The Kier molecular flexibility index (Phi) is 8.83. The summed E-state index contributed by atoms with van der Waals surface area (Å²) < 4.78 is 61.3. The normalized spacial score (nSPS) is 11.1. The van der Waals surface area contributed by atoms with Crippen LogP contribution >= 0.6 is 11.6 Å². The number of nitrogens with one attached hydrogen (secondary N) is 1. The lowest BCUT2D eigenvalue weighted by atomic mass is 10.2. The van der Waals surface area contributed by atoms with E-state index in [0.29, 0.717) is 5.69 Å². The minimum absolute atomic E-state index is 0.0586. The van der Waals surface area contributed by atoms with Crippen molar-refractivity contribution in [3.63, 3.8) is 0 Å². The second kappa shape index (κ2) is 11.8. The highest BCUT2D eigenvalue weighted by molar-refractivity contribution is 7.92. The molecule has 12 heteroatoms. The van der Waals surface area contributed by atoms with Gasteiger partial charge in [-0.1, -0.05) is 29.8 Å². The van der Waals surface area contributed by atoms with E-state index >= 15 is 0 Å². The summed E-state index contributed by atoms with van der Waals surface area (Å²) in [6, 6.07) is 17.2. The van der Waals surface area contributed by atoms with Crippen LogP contribution < -0.4 is 14.4 Å². The molecule has 0 aliphatic heterocycles. The standard InChI is InChI=1S/C24H21ClF2N2O6S/c1-2-29(17-6-4-3-5-7-17)36(32,33)19-12-13-21(25)20(14-19)23(31)34-15-22(30)28-16-8-10-18(11-9-16)35-24(26)27/h3-14,24H,2,15H2,1H3,(H,28,30). The summed E-state index contributed by atoms with van der Waals surface area (Å²) in [5.74, 6) is -1.81. The van der Waals surface area contributed by atoms with Gasteiger partial charge in [0.15, 0.2) is 6.61 Å². The third-order valence-electron chi connectivity index (χ3n) is 4.77. The number of ether oxygens (including phenoxy) is 2. The van der Waals surface area contributed by atoms with Crippen LogP contribution in [0.3, 0.4) is 0 Å². The number of rotatable bonds is 10. The molecule has 0 aliphatic rings. The maximum absolute atomic E-state index is 13.2. The molecule has 0 saturated heterocycles. The van der Waals surface area contributed by atoms with Crippen LogP contribution in [0.4, 0.5) is 20.2 Å². The number of sulfonamides is 1. The fraction of sp³-hybridized carbons (Fsp3) is 0.167. The molecule has 0 fully saturated rings. The van der Waals surface area contributed by atoms with E-state index in [1.54, 1.807) is 37.3 Å². The number of anilines is 2. The molecule has 0 aromatic heterocycles. The average Bonchev–Trinajstić information content (AvgIpc) is 2.84. The lowest BCUT2D eigenvalue weighted by Crippen LogP contribution is -2.31. The summed E-state index contributed by atoms with van der Waals surface area (Å²) in [5.41, 5.74) is 0.470. The molecule has 3 rings (SSSR count). The van der Waals surface area contributed by atoms with Crippen molar-refractivity contribution in [2.45, 2.75) is 18.4 Å². The van der Waals surface area contributed by atoms with Crippen molar-refractivity contribution in [1.82, 2.24) is 0 Å². The smallest absolute Gasteiger partial charge is 0.387 e. The van der Waals surface area contributed by atoms with Crippen molar-refractivity contribution in [2.75, 3.05) is 22.8 Å². The first-order chi connectivity index (χ1) is 17.1. The van der Waals surface area contributed by atoms with Crippen molar-refractivity contribution in [1.29, 1.82) is 0 Å². The van der Waals surface area contributed by atoms with Crippen LogP contribution in [-0.2, 0) is 19.6 Å². The van der Waals surface area contributed by atoms with Crippen LogP contribution in [0.5, 0.6) is 5.75 Å². The van der Waals surface area contributed by atoms with Gasteiger partial charge in [0.05, 0.1) is 21.2 Å². The molecular formula is C24H21ClF2N2O6S. The first kappa shape index (κ1) is 26.9. The summed E-state index contributed by atoms with van der Waals surface area (Å²) >= 11 is 6.09. The van der Waals surface area contributed by atoms with Gasteiger partial charge >= 0.3 is 12.6 Å². The van der Waals surface area contributed by atoms with Gasteiger partial charge in [0.1, 0.15) is 5.75 Å². The van der Waals surface area contributed by atoms with E-state index in [1.807, 2.05) is 0 Å². The zero-order valence-electron chi connectivity index (χ0n) is 18.9. The van der Waals surface area contributed by atoms with Crippen molar-refractivity contribution < 1.29 is 36.3 Å². The van der Waals surface area contributed by atoms with Crippen LogP contribution in [0.15, 0.2) is 77.7 Å². The monoisotopic (exact) mass is 538 g/mol. The molecule has 0 bridgehead atoms. The van der Waals surface area contributed by atoms with Gasteiger partial charge in [-0.2, -0.15) is 8.78 Å². The molecule has 0 aliphatic carbocycles. The molecule has 0 unspecified atom stereocenters. The molecule has 36 heavy (non-hydrogen) atoms. The maximum Gasteiger partial charge on any atom is 0.387 e. The van der Waals surface area contributed by atoms with Gasteiger partial charge in [0.2, 0.25) is 0 Å². The van der Waals surface area contributed by atoms with Gasteiger partial charge in [0, 0.05) is 12.2 Å². The molecular weight excluding hydrogens is 518 g/mol. The van der Waals surface area contributed by atoms with Crippen molar-refractivity contribution in [2.24, 2.45) is 0 Å². The fourth-order valence-corrected chi connectivity index (χ4v) is 4.85. The van der Waals surface area contributed by atoms with Crippen LogP contribution in [0.2, 0.25) is 5.02 Å². The Morgan fingerprint density at radius 1 is 1.03 bits per heavy atom. The van der Waals surface area contributed by atoms with Crippen LogP contribution in [0.1, 0.15) is 17.3 Å². The number of alkyl halides is 2. The lowest BCUT2D eigenvalue weighted by molar-refractivity contribution is -0.119. The van der Waals surface area contributed by atoms with E-state index in [0.717, 1.165) is 6.07 Å². The van der Waals surface area contributed by atoms with Crippen molar-refractivity contribution in [3.05, 3.63) is 83.4 Å². The van der Waals surface area contributed by atoms with Crippen LogP contribution in [-0.4, -0.2) is 40.1 Å². The fourth-order valence-electron chi connectivity index (χ4n) is 3.16. The zero-order chi connectivity index (χ0) is 26.3. The topological polar surface area (TPSA) is 102 Å². The number of hydrogen-bond acceptors (Lipinski definition) is 6. The molecule has 1 N–H and O–H groups in total. The van der Waals surface area contributed by atoms with E-state index in [2.05, 4.69) is 10.1 Å². The third-order valence-corrected chi connectivity index (χ3v) is 7.00. The lowest BCUT2D eigenvalue weighted by Gasteiger charge is -2.23. The Hall–Kier alpha value is -3.70. The quantitative estimate of drug-likeness (QED) is 0.366. The Bertz CT molecular complexity index is 1320. The number of carbonyl (C=O) groups excluding carboxylic acids is 2. The molecule has 3 aromatic carbocycles. The number of para-hydroxylation sites is 1. The Morgan fingerprint density at radius 2 is 1.69 bits per heavy atom. The predicted molar refractivity (Wildman–Crippen MR) is 130 cm³/mol. The second-order valence-corrected chi connectivity index (χ2v) is 9.44. The highest BCUT2D eigenvalue weighted by atomic mass is 35.5. The minimum Gasteiger partial charge on any atom is -0.452 e. The first-order valence-corrected chi connectivity index (χ1v) is 12.3. The molecule has 1 amide bonds. The Balaban J connectivity index is 1.69. The second-order valence-electron chi connectivity index (χ2n) is 7.17. The third kappa shape index (κ3) is 6.70. The Morgan fingerprint density at radius 3 is 2.31 bits per heavy atom. The number of esters is 1. The van der Waals surface area contributed by atoms with Crippen molar-refractivity contribution >= 4 is 44.9 Å². The van der Waals surface area contributed by atoms with Gasteiger partial charge in [0.25, 0.3) is 15.9 Å². The summed E-state index contributed by atoms with van der Waals surface area (Å²) in [5, 5.41) is 2.37. The van der Waals surface area contributed by atoms with E-state index in [1.165, 1.54) is 40.7 Å². The number of hydrogen-bond donors (Lipinski definition) is 1. The van der Waals surface area contributed by atoms with Crippen LogP contribution in [0, 0.1) is 0 Å². The van der Waals surface area contributed by atoms with Gasteiger partial charge in [-0.05, 0) is 61.5 Å². The van der Waals surface area contributed by atoms with E-state index in [9.17, 15) is 26.8 Å². The largest absolute Gasteiger partial charge is 0.452 e. The molecule has 0 atom stereocenters. The number of nitrogens with zero attached hydrogens (tertiary/aromatic N) is 1. The van der Waals surface area contributed by atoms with Gasteiger partial charge < -0.3 is 14.8 Å². The van der Waals surface area contributed by atoms with Crippen LogP contribution in [0.25, 0.3) is 0 Å². The maximum atomic E-state index is 13.2. The number of carbonyl (C=O) groups is 2.